The molecule has 0 bridgehead atoms. The molecule has 3 nitrogen and oxygen atoms in total. The van der Waals surface area contributed by atoms with Crippen LogP contribution in [0.15, 0.2) is 29.3 Å². The molecule has 0 radical (unpaired) electrons. The number of carbonyl (C=O) groups excluding carboxylic acids is 1. The molecule has 0 saturated heterocycles. The summed E-state index contributed by atoms with van der Waals surface area (Å²) < 4.78 is 27.0. The number of nitrogens with one attached hydrogen (secondary N) is 2. The van der Waals surface area contributed by atoms with Crippen LogP contribution in [0.2, 0.25) is 0 Å². The molecule has 0 aromatic heterocycles. The first-order valence-electron chi connectivity index (χ1n) is 4.78. The van der Waals surface area contributed by atoms with Crippen molar-refractivity contribution < 1.29 is 13.6 Å². The van der Waals surface area contributed by atoms with Crippen molar-refractivity contribution in [2.45, 2.75) is 0 Å². The largest absolute Gasteiger partial charge is 0.320 e. The lowest BCUT2D eigenvalue weighted by Crippen LogP contribution is -2.29. The standard InChI is InChI=1S/C11H11BrF2N2O/c1-7(12)5-15-6-10(17)16-11-8(13)3-2-4-9(11)14/h2-4,15H,1,5-6H2,(H,16,17). The summed E-state index contributed by atoms with van der Waals surface area (Å²) in [5.74, 6) is -2.13. The quantitative estimate of drug-likeness (QED) is 0.877. The van der Waals surface area contributed by atoms with Gasteiger partial charge in [0.15, 0.2) is 0 Å². The minimum Gasteiger partial charge on any atom is -0.320 e. The minimum atomic E-state index is -0.803. The van der Waals surface area contributed by atoms with Crippen molar-refractivity contribution in [1.82, 2.24) is 5.32 Å². The van der Waals surface area contributed by atoms with E-state index in [1.807, 2.05) is 0 Å². The molecule has 0 unspecified atom stereocenters. The molecular formula is C11H11BrF2N2O. The van der Waals surface area contributed by atoms with E-state index in [-0.39, 0.29) is 6.54 Å². The Morgan fingerprint density at radius 1 is 1.29 bits per heavy atom. The lowest BCUT2D eigenvalue weighted by molar-refractivity contribution is -0.115. The normalized spacial score (nSPS) is 10.1. The van der Waals surface area contributed by atoms with Gasteiger partial charge in [0.25, 0.3) is 0 Å². The highest BCUT2D eigenvalue weighted by molar-refractivity contribution is 9.11. The topological polar surface area (TPSA) is 41.1 Å². The van der Waals surface area contributed by atoms with Crippen LogP contribution in [0.25, 0.3) is 0 Å². The van der Waals surface area contributed by atoms with Gasteiger partial charge < -0.3 is 10.6 Å². The molecule has 0 spiro atoms. The number of rotatable bonds is 5. The Bertz CT molecular complexity index is 417. The van der Waals surface area contributed by atoms with E-state index in [1.165, 1.54) is 6.07 Å². The highest BCUT2D eigenvalue weighted by atomic mass is 79.9. The Balaban J connectivity index is 2.53. The Morgan fingerprint density at radius 3 is 2.41 bits per heavy atom. The second-order valence-electron chi connectivity index (χ2n) is 3.27. The van der Waals surface area contributed by atoms with Crippen molar-refractivity contribution in [1.29, 1.82) is 0 Å². The first-order chi connectivity index (χ1) is 8.00. The average molecular weight is 305 g/mol. The molecule has 1 rings (SSSR count). The third-order valence-electron chi connectivity index (χ3n) is 1.83. The third-order valence-corrected chi connectivity index (χ3v) is 2.11. The maximum Gasteiger partial charge on any atom is 0.238 e. The van der Waals surface area contributed by atoms with Crippen LogP contribution in [0.5, 0.6) is 0 Å². The number of halogens is 3. The van der Waals surface area contributed by atoms with E-state index < -0.39 is 23.2 Å². The van der Waals surface area contributed by atoms with Gasteiger partial charge in [0, 0.05) is 11.0 Å². The monoisotopic (exact) mass is 304 g/mol. The fourth-order valence-corrected chi connectivity index (χ4v) is 1.31. The molecule has 92 valence electrons. The summed E-state index contributed by atoms with van der Waals surface area (Å²) in [5.41, 5.74) is -0.433. The number of hydrogen-bond donors (Lipinski definition) is 2. The van der Waals surface area contributed by atoms with Crippen molar-refractivity contribution in [3.05, 3.63) is 40.9 Å². The zero-order valence-corrected chi connectivity index (χ0v) is 10.5. The van der Waals surface area contributed by atoms with Gasteiger partial charge in [0.05, 0.1) is 6.54 Å². The molecule has 0 aliphatic rings. The van der Waals surface area contributed by atoms with Gasteiger partial charge in [0.2, 0.25) is 5.91 Å². The van der Waals surface area contributed by atoms with Crippen molar-refractivity contribution >= 4 is 27.5 Å². The molecule has 1 aromatic carbocycles. The van der Waals surface area contributed by atoms with Crippen LogP contribution in [0, 0.1) is 11.6 Å². The predicted octanol–water partition coefficient (Wildman–Crippen LogP) is 2.40. The number of carbonyl (C=O) groups is 1. The van der Waals surface area contributed by atoms with E-state index in [0.29, 0.717) is 11.0 Å². The SMILES string of the molecule is C=C(Br)CNCC(=O)Nc1c(F)cccc1F. The molecule has 0 heterocycles. The fraction of sp³-hybridized carbons (Fsp3) is 0.182. The van der Waals surface area contributed by atoms with Gasteiger partial charge in [-0.2, -0.15) is 0 Å². The van der Waals surface area contributed by atoms with Crippen LogP contribution >= 0.6 is 15.9 Å². The van der Waals surface area contributed by atoms with Crippen LogP contribution in [0.4, 0.5) is 14.5 Å². The maximum absolute atomic E-state index is 13.2. The lowest BCUT2D eigenvalue weighted by atomic mass is 10.3. The van der Waals surface area contributed by atoms with Crippen LogP contribution < -0.4 is 10.6 Å². The number of benzene rings is 1. The molecule has 1 aromatic rings. The first-order valence-corrected chi connectivity index (χ1v) is 5.58. The Hall–Kier alpha value is -1.27. The van der Waals surface area contributed by atoms with E-state index >= 15 is 0 Å². The number of amides is 1. The summed E-state index contributed by atoms with van der Waals surface area (Å²) in [4.78, 5) is 11.3. The smallest absolute Gasteiger partial charge is 0.238 e. The van der Waals surface area contributed by atoms with Gasteiger partial charge in [0.1, 0.15) is 17.3 Å². The van der Waals surface area contributed by atoms with E-state index in [4.69, 9.17) is 0 Å². The molecule has 0 fully saturated rings. The van der Waals surface area contributed by atoms with Crippen LogP contribution in [0.3, 0.4) is 0 Å². The second kappa shape index (κ2) is 6.46. The Kier molecular flexibility index (Phi) is 5.24. The first kappa shape index (κ1) is 13.8. The van der Waals surface area contributed by atoms with Crippen LogP contribution in [-0.2, 0) is 4.79 Å². The number of anilines is 1. The molecule has 6 heteroatoms. The van der Waals surface area contributed by atoms with Crippen molar-refractivity contribution in [2.75, 3.05) is 18.4 Å². The van der Waals surface area contributed by atoms with Crippen molar-refractivity contribution in [3.63, 3.8) is 0 Å². The molecule has 1 amide bonds. The van der Waals surface area contributed by atoms with Crippen LogP contribution in [0.1, 0.15) is 0 Å². The predicted molar refractivity (Wildman–Crippen MR) is 65.9 cm³/mol. The van der Waals surface area contributed by atoms with Gasteiger partial charge in [-0.3, -0.25) is 4.79 Å². The van der Waals surface area contributed by atoms with E-state index in [2.05, 4.69) is 33.1 Å². The van der Waals surface area contributed by atoms with Gasteiger partial charge >= 0.3 is 0 Å². The lowest BCUT2D eigenvalue weighted by Gasteiger charge is -2.08. The fourth-order valence-electron chi connectivity index (χ4n) is 1.11. The highest BCUT2D eigenvalue weighted by Gasteiger charge is 2.11. The number of hydrogen-bond acceptors (Lipinski definition) is 2. The zero-order chi connectivity index (χ0) is 12.8. The van der Waals surface area contributed by atoms with Crippen molar-refractivity contribution in [3.8, 4) is 0 Å². The molecule has 0 aliphatic carbocycles. The Labute approximate surface area is 106 Å². The summed E-state index contributed by atoms with van der Waals surface area (Å²) in [6.45, 7) is 3.91. The second-order valence-corrected chi connectivity index (χ2v) is 4.39. The zero-order valence-electron chi connectivity index (χ0n) is 8.90. The molecular weight excluding hydrogens is 294 g/mol. The van der Waals surface area contributed by atoms with E-state index in [0.717, 1.165) is 12.1 Å². The summed E-state index contributed by atoms with van der Waals surface area (Å²) >= 11 is 3.11. The summed E-state index contributed by atoms with van der Waals surface area (Å²) in [6, 6.07) is 3.38. The average Bonchev–Trinajstić information content (AvgIpc) is 2.23. The third kappa shape index (κ3) is 4.62. The van der Waals surface area contributed by atoms with E-state index in [1.54, 1.807) is 0 Å². The van der Waals surface area contributed by atoms with Gasteiger partial charge in [-0.05, 0) is 12.1 Å². The van der Waals surface area contributed by atoms with Gasteiger partial charge in [-0.15, -0.1) is 0 Å². The molecule has 2 N–H and O–H groups in total. The van der Waals surface area contributed by atoms with Crippen LogP contribution in [-0.4, -0.2) is 19.0 Å². The summed E-state index contributed by atoms with van der Waals surface area (Å²) in [7, 11) is 0. The van der Waals surface area contributed by atoms with E-state index in [9.17, 15) is 13.6 Å². The molecule has 0 saturated carbocycles. The summed E-state index contributed by atoms with van der Waals surface area (Å²) in [6.07, 6.45) is 0. The summed E-state index contributed by atoms with van der Waals surface area (Å²) in [5, 5.41) is 4.90. The minimum absolute atomic E-state index is 0.0571. The molecule has 0 atom stereocenters. The molecule has 17 heavy (non-hydrogen) atoms. The van der Waals surface area contributed by atoms with Gasteiger partial charge in [-0.1, -0.05) is 28.6 Å². The highest BCUT2D eigenvalue weighted by Crippen LogP contribution is 2.17. The maximum atomic E-state index is 13.2. The van der Waals surface area contributed by atoms with Crippen molar-refractivity contribution in [2.24, 2.45) is 0 Å². The molecule has 0 aliphatic heterocycles. The Morgan fingerprint density at radius 2 is 1.88 bits per heavy atom. The number of para-hydroxylation sites is 1. The van der Waals surface area contributed by atoms with Gasteiger partial charge in [-0.25, -0.2) is 8.78 Å².